The highest BCUT2D eigenvalue weighted by Crippen LogP contribution is 2.17. The summed E-state index contributed by atoms with van der Waals surface area (Å²) in [6.45, 7) is 3.99. The molecule has 0 fully saturated rings. The molecule has 130 valence electrons. The van der Waals surface area contributed by atoms with E-state index in [1.165, 1.54) is 0 Å². The first-order chi connectivity index (χ1) is 12.1. The van der Waals surface area contributed by atoms with Crippen molar-refractivity contribution in [3.8, 4) is 5.75 Å². The van der Waals surface area contributed by atoms with E-state index in [-0.39, 0.29) is 18.2 Å². The topological polar surface area (TPSA) is 79.8 Å². The lowest BCUT2D eigenvalue weighted by atomic mass is 10.2. The standard InChI is InChI=1S/C19H21N3O3/c1-3-25-17-12-8-7-11-16(17)19(24)22-21-14(2)13-18(23)20-15-9-5-4-6-10-15/h4-12H,3,13H2,1-2H3,(H,20,23)(H,22,24). The van der Waals surface area contributed by atoms with Crippen molar-refractivity contribution in [3.63, 3.8) is 0 Å². The molecule has 2 N–H and O–H groups in total. The van der Waals surface area contributed by atoms with E-state index < -0.39 is 0 Å². The predicted molar refractivity (Wildman–Crippen MR) is 97.9 cm³/mol. The van der Waals surface area contributed by atoms with Crippen molar-refractivity contribution in [1.29, 1.82) is 0 Å². The molecule has 6 nitrogen and oxygen atoms in total. The number of ether oxygens (including phenoxy) is 1. The Morgan fingerprint density at radius 3 is 2.44 bits per heavy atom. The lowest BCUT2D eigenvalue weighted by Gasteiger charge is -2.09. The molecule has 0 heterocycles. The lowest BCUT2D eigenvalue weighted by Crippen LogP contribution is -2.22. The largest absolute Gasteiger partial charge is 0.493 e. The van der Waals surface area contributed by atoms with E-state index in [0.29, 0.717) is 23.6 Å². The van der Waals surface area contributed by atoms with Crippen LogP contribution in [0.4, 0.5) is 5.69 Å². The first-order valence-corrected chi connectivity index (χ1v) is 8.00. The average Bonchev–Trinajstić information content (AvgIpc) is 2.61. The number of carbonyl (C=O) groups excluding carboxylic acids is 2. The Bertz CT molecular complexity index is 758. The summed E-state index contributed by atoms with van der Waals surface area (Å²) in [4.78, 5) is 24.2. The van der Waals surface area contributed by atoms with E-state index in [9.17, 15) is 9.59 Å². The first kappa shape index (κ1) is 18.2. The van der Waals surface area contributed by atoms with Crippen LogP contribution >= 0.6 is 0 Å². The van der Waals surface area contributed by atoms with Gasteiger partial charge in [0.2, 0.25) is 5.91 Å². The molecule has 0 aromatic heterocycles. The van der Waals surface area contributed by atoms with Crippen molar-refractivity contribution in [1.82, 2.24) is 5.43 Å². The number of rotatable bonds is 7. The summed E-state index contributed by atoms with van der Waals surface area (Å²) in [5.74, 6) is -0.0829. The monoisotopic (exact) mass is 339 g/mol. The van der Waals surface area contributed by atoms with Crippen LogP contribution in [0, 0.1) is 0 Å². The number of carbonyl (C=O) groups is 2. The zero-order chi connectivity index (χ0) is 18.1. The Hall–Kier alpha value is -3.15. The number of para-hydroxylation sites is 2. The smallest absolute Gasteiger partial charge is 0.275 e. The SMILES string of the molecule is CCOc1ccccc1C(=O)NN=C(C)CC(=O)Nc1ccccc1. The van der Waals surface area contributed by atoms with Crippen molar-refractivity contribution in [2.75, 3.05) is 11.9 Å². The van der Waals surface area contributed by atoms with E-state index in [0.717, 1.165) is 5.69 Å². The van der Waals surface area contributed by atoms with Gasteiger partial charge in [0, 0.05) is 11.4 Å². The lowest BCUT2D eigenvalue weighted by molar-refractivity contribution is -0.115. The molecular formula is C19H21N3O3. The van der Waals surface area contributed by atoms with Crippen molar-refractivity contribution in [2.24, 2.45) is 5.10 Å². The first-order valence-electron chi connectivity index (χ1n) is 8.00. The number of anilines is 1. The highest BCUT2D eigenvalue weighted by molar-refractivity contribution is 6.06. The minimum absolute atomic E-state index is 0.0856. The third kappa shape index (κ3) is 5.76. The molecule has 2 amide bonds. The fourth-order valence-corrected chi connectivity index (χ4v) is 2.14. The highest BCUT2D eigenvalue weighted by Gasteiger charge is 2.11. The van der Waals surface area contributed by atoms with Crippen LogP contribution in [-0.2, 0) is 4.79 Å². The summed E-state index contributed by atoms with van der Waals surface area (Å²) in [6.07, 6.45) is 0.0856. The van der Waals surface area contributed by atoms with Gasteiger partial charge in [-0.25, -0.2) is 5.43 Å². The maximum atomic E-state index is 12.2. The molecule has 0 spiro atoms. The highest BCUT2D eigenvalue weighted by atomic mass is 16.5. The second-order valence-electron chi connectivity index (χ2n) is 5.31. The third-order valence-electron chi connectivity index (χ3n) is 3.25. The normalized spacial score (nSPS) is 10.9. The summed E-state index contributed by atoms with van der Waals surface area (Å²) < 4.78 is 5.42. The molecule has 0 atom stereocenters. The van der Waals surface area contributed by atoms with Crippen molar-refractivity contribution in [2.45, 2.75) is 20.3 Å². The fourth-order valence-electron chi connectivity index (χ4n) is 2.14. The second-order valence-corrected chi connectivity index (χ2v) is 5.31. The van der Waals surface area contributed by atoms with Crippen LogP contribution in [0.1, 0.15) is 30.6 Å². The van der Waals surface area contributed by atoms with Crippen LogP contribution in [0.2, 0.25) is 0 Å². The maximum absolute atomic E-state index is 12.2. The van der Waals surface area contributed by atoms with Crippen LogP contribution in [0.5, 0.6) is 5.75 Å². The predicted octanol–water partition coefficient (Wildman–Crippen LogP) is 3.22. The molecule has 2 rings (SSSR count). The number of hydrogen-bond donors (Lipinski definition) is 2. The average molecular weight is 339 g/mol. The summed E-state index contributed by atoms with van der Waals surface area (Å²) in [7, 11) is 0. The van der Waals surface area contributed by atoms with E-state index in [1.807, 2.05) is 25.1 Å². The van der Waals surface area contributed by atoms with Gasteiger partial charge < -0.3 is 10.1 Å². The fraction of sp³-hybridized carbons (Fsp3) is 0.211. The van der Waals surface area contributed by atoms with Crippen LogP contribution in [0.3, 0.4) is 0 Å². The molecule has 0 aliphatic carbocycles. The van der Waals surface area contributed by atoms with Crippen molar-refractivity contribution >= 4 is 23.2 Å². The summed E-state index contributed by atoms with van der Waals surface area (Å²) in [5, 5.41) is 6.75. The molecule has 0 radical (unpaired) electrons. The molecule has 0 aliphatic heterocycles. The van der Waals surface area contributed by atoms with Gasteiger partial charge in [0.05, 0.1) is 18.6 Å². The zero-order valence-electron chi connectivity index (χ0n) is 14.3. The molecule has 25 heavy (non-hydrogen) atoms. The molecule has 6 heteroatoms. The Labute approximate surface area is 146 Å². The van der Waals surface area contributed by atoms with Gasteiger partial charge in [0.25, 0.3) is 5.91 Å². The van der Waals surface area contributed by atoms with Gasteiger partial charge in [-0.3, -0.25) is 9.59 Å². The Balaban J connectivity index is 1.92. The van der Waals surface area contributed by atoms with Crippen LogP contribution in [0.25, 0.3) is 0 Å². The van der Waals surface area contributed by atoms with Gasteiger partial charge in [0.1, 0.15) is 5.75 Å². The summed E-state index contributed by atoms with van der Waals surface area (Å²) >= 11 is 0. The van der Waals surface area contributed by atoms with Crippen LogP contribution in [0.15, 0.2) is 59.7 Å². The molecule has 0 unspecified atom stereocenters. The summed E-state index contributed by atoms with van der Waals surface area (Å²) in [6, 6.07) is 16.1. The van der Waals surface area contributed by atoms with Gasteiger partial charge in [-0.05, 0) is 38.1 Å². The Morgan fingerprint density at radius 1 is 1.04 bits per heavy atom. The van der Waals surface area contributed by atoms with E-state index in [2.05, 4.69) is 15.8 Å². The molecular weight excluding hydrogens is 318 g/mol. The van der Waals surface area contributed by atoms with Crippen molar-refractivity contribution < 1.29 is 14.3 Å². The van der Waals surface area contributed by atoms with Crippen LogP contribution in [-0.4, -0.2) is 24.1 Å². The van der Waals surface area contributed by atoms with E-state index in [1.54, 1.807) is 43.3 Å². The number of hydrogen-bond acceptors (Lipinski definition) is 4. The van der Waals surface area contributed by atoms with Crippen molar-refractivity contribution in [3.05, 3.63) is 60.2 Å². The zero-order valence-corrected chi connectivity index (χ0v) is 14.3. The van der Waals surface area contributed by atoms with E-state index in [4.69, 9.17) is 4.74 Å². The quantitative estimate of drug-likeness (QED) is 0.600. The van der Waals surface area contributed by atoms with Gasteiger partial charge >= 0.3 is 0 Å². The number of nitrogens with zero attached hydrogens (tertiary/aromatic N) is 1. The van der Waals surface area contributed by atoms with Gasteiger partial charge in [0.15, 0.2) is 0 Å². The van der Waals surface area contributed by atoms with Gasteiger partial charge in [-0.1, -0.05) is 30.3 Å². The molecule has 0 saturated carbocycles. The minimum Gasteiger partial charge on any atom is -0.493 e. The molecule has 2 aromatic rings. The molecule has 2 aromatic carbocycles. The van der Waals surface area contributed by atoms with Gasteiger partial charge in [-0.15, -0.1) is 0 Å². The Morgan fingerprint density at radius 2 is 1.72 bits per heavy atom. The number of nitrogens with one attached hydrogen (secondary N) is 2. The van der Waals surface area contributed by atoms with Gasteiger partial charge in [-0.2, -0.15) is 5.10 Å². The van der Waals surface area contributed by atoms with E-state index >= 15 is 0 Å². The molecule has 0 bridgehead atoms. The minimum atomic E-state index is -0.383. The summed E-state index contributed by atoms with van der Waals surface area (Å²) in [5.41, 5.74) is 4.07. The molecule has 0 saturated heterocycles. The third-order valence-corrected chi connectivity index (χ3v) is 3.25. The van der Waals surface area contributed by atoms with Crippen LogP contribution < -0.4 is 15.5 Å². The maximum Gasteiger partial charge on any atom is 0.275 e. The molecule has 0 aliphatic rings. The number of hydrazone groups is 1. The number of benzene rings is 2. The second kappa shape index (κ2) is 9.22. The number of amides is 2. The Kier molecular flexibility index (Phi) is 6.71.